The lowest BCUT2D eigenvalue weighted by atomic mass is 10.3. The minimum Gasteiger partial charge on any atom is -0.476 e. The van der Waals surface area contributed by atoms with Gasteiger partial charge in [-0.05, 0) is 32.4 Å². The number of hydrogen-bond donors (Lipinski definition) is 3. The predicted molar refractivity (Wildman–Crippen MR) is 64.6 cm³/mol. The summed E-state index contributed by atoms with van der Waals surface area (Å²) in [5.74, 6) is 1.16. The summed E-state index contributed by atoms with van der Waals surface area (Å²) >= 11 is 0. The summed E-state index contributed by atoms with van der Waals surface area (Å²) in [6.07, 6.45) is 0.364. The number of ether oxygens (including phenoxy) is 1. The lowest BCUT2D eigenvalue weighted by Gasteiger charge is -2.10. The first-order chi connectivity index (χ1) is 7.63. The lowest BCUT2D eigenvalue weighted by molar-refractivity contribution is 0.188. The molecule has 16 heavy (non-hydrogen) atoms. The largest absolute Gasteiger partial charge is 0.476 e. The van der Waals surface area contributed by atoms with E-state index in [-0.39, 0.29) is 6.10 Å². The summed E-state index contributed by atoms with van der Waals surface area (Å²) in [5.41, 5.74) is 6.23. The molecule has 0 amide bonds. The first-order valence-electron chi connectivity index (χ1n) is 5.44. The van der Waals surface area contributed by atoms with Gasteiger partial charge in [0, 0.05) is 6.54 Å². The number of aromatic nitrogens is 1. The van der Waals surface area contributed by atoms with E-state index in [1.807, 2.05) is 6.92 Å². The highest BCUT2D eigenvalue weighted by Crippen LogP contribution is 2.20. The molecule has 5 heteroatoms. The molecule has 5 nitrogen and oxygen atoms in total. The zero-order chi connectivity index (χ0) is 12.0. The predicted octanol–water partition coefficient (Wildman–Crippen LogP) is 1.25. The Balaban J connectivity index is 2.56. The molecule has 0 aliphatic rings. The van der Waals surface area contributed by atoms with E-state index in [0.29, 0.717) is 37.0 Å². The van der Waals surface area contributed by atoms with Gasteiger partial charge < -0.3 is 20.9 Å². The number of nitrogens with zero attached hydrogens (tertiary/aromatic N) is 1. The van der Waals surface area contributed by atoms with Crippen LogP contribution >= 0.6 is 0 Å². The van der Waals surface area contributed by atoms with Crippen molar-refractivity contribution >= 4 is 11.5 Å². The van der Waals surface area contributed by atoms with Gasteiger partial charge in [0.1, 0.15) is 5.82 Å². The summed E-state index contributed by atoms with van der Waals surface area (Å²) in [5, 5.41) is 12.2. The van der Waals surface area contributed by atoms with Gasteiger partial charge in [-0.1, -0.05) is 0 Å². The maximum Gasteiger partial charge on any atom is 0.239 e. The van der Waals surface area contributed by atoms with Crippen molar-refractivity contribution in [1.82, 2.24) is 4.98 Å². The van der Waals surface area contributed by atoms with Gasteiger partial charge in [-0.25, -0.2) is 0 Å². The lowest BCUT2D eigenvalue weighted by Crippen LogP contribution is -2.11. The fourth-order valence-electron chi connectivity index (χ4n) is 1.21. The van der Waals surface area contributed by atoms with Gasteiger partial charge in [0.25, 0.3) is 0 Å². The van der Waals surface area contributed by atoms with Crippen LogP contribution in [0.1, 0.15) is 20.3 Å². The summed E-state index contributed by atoms with van der Waals surface area (Å²) in [6, 6.07) is 3.54. The number of anilines is 2. The molecular formula is C11H19N3O2. The second-order valence-corrected chi connectivity index (χ2v) is 3.59. The number of nitrogen functional groups attached to an aromatic ring is 1. The van der Waals surface area contributed by atoms with Crippen LogP contribution in [0, 0.1) is 0 Å². The number of nitrogens with two attached hydrogens (primary N) is 1. The zero-order valence-electron chi connectivity index (χ0n) is 9.73. The van der Waals surface area contributed by atoms with Crippen LogP contribution in [0.2, 0.25) is 0 Å². The van der Waals surface area contributed by atoms with E-state index in [1.165, 1.54) is 0 Å². The van der Waals surface area contributed by atoms with Crippen molar-refractivity contribution in [2.24, 2.45) is 0 Å². The van der Waals surface area contributed by atoms with Crippen LogP contribution in [0.15, 0.2) is 12.1 Å². The normalized spacial score (nSPS) is 12.2. The van der Waals surface area contributed by atoms with Crippen molar-refractivity contribution in [3.8, 4) is 5.88 Å². The standard InChI is InChI=1S/C11H19N3O2/c1-3-16-11-9(12)4-5-10(14-11)13-7-6-8(2)15/h4-5,8,15H,3,6-7,12H2,1-2H3,(H,13,14). The number of nitrogens with one attached hydrogen (secondary N) is 1. The molecule has 0 radical (unpaired) electrons. The van der Waals surface area contributed by atoms with Gasteiger partial charge in [0.2, 0.25) is 5.88 Å². The molecule has 0 aromatic carbocycles. The number of aliphatic hydroxyl groups is 1. The Labute approximate surface area is 95.6 Å². The monoisotopic (exact) mass is 225 g/mol. The second-order valence-electron chi connectivity index (χ2n) is 3.59. The third-order valence-electron chi connectivity index (χ3n) is 2.04. The molecule has 0 bridgehead atoms. The Morgan fingerprint density at radius 2 is 2.31 bits per heavy atom. The highest BCUT2D eigenvalue weighted by Gasteiger charge is 2.03. The van der Waals surface area contributed by atoms with Crippen molar-refractivity contribution in [2.45, 2.75) is 26.4 Å². The average Bonchev–Trinajstić information content (AvgIpc) is 2.22. The second kappa shape index (κ2) is 6.17. The van der Waals surface area contributed by atoms with Gasteiger partial charge in [-0.2, -0.15) is 4.98 Å². The average molecular weight is 225 g/mol. The molecule has 0 spiro atoms. The van der Waals surface area contributed by atoms with Gasteiger partial charge >= 0.3 is 0 Å². The quantitative estimate of drug-likeness (QED) is 0.679. The van der Waals surface area contributed by atoms with E-state index < -0.39 is 0 Å². The van der Waals surface area contributed by atoms with Crippen LogP contribution in [0.3, 0.4) is 0 Å². The third-order valence-corrected chi connectivity index (χ3v) is 2.04. The summed E-state index contributed by atoms with van der Waals surface area (Å²) in [4.78, 5) is 4.22. The smallest absolute Gasteiger partial charge is 0.239 e. The van der Waals surface area contributed by atoms with Crippen molar-refractivity contribution in [3.63, 3.8) is 0 Å². The molecule has 0 aliphatic carbocycles. The van der Waals surface area contributed by atoms with E-state index in [9.17, 15) is 0 Å². The van der Waals surface area contributed by atoms with E-state index in [1.54, 1.807) is 19.1 Å². The number of rotatable bonds is 6. The van der Waals surface area contributed by atoms with Crippen LogP contribution in [0.25, 0.3) is 0 Å². The highest BCUT2D eigenvalue weighted by atomic mass is 16.5. The van der Waals surface area contributed by atoms with E-state index in [4.69, 9.17) is 15.6 Å². The van der Waals surface area contributed by atoms with Gasteiger partial charge in [-0.3, -0.25) is 0 Å². The van der Waals surface area contributed by atoms with Crippen LogP contribution < -0.4 is 15.8 Å². The highest BCUT2D eigenvalue weighted by molar-refractivity contribution is 5.53. The van der Waals surface area contributed by atoms with Crippen molar-refractivity contribution in [2.75, 3.05) is 24.2 Å². The zero-order valence-corrected chi connectivity index (χ0v) is 9.73. The van der Waals surface area contributed by atoms with Crippen LogP contribution in [-0.2, 0) is 0 Å². The number of aliphatic hydroxyl groups excluding tert-OH is 1. The first-order valence-corrected chi connectivity index (χ1v) is 5.44. The summed E-state index contributed by atoms with van der Waals surface area (Å²) in [6.45, 7) is 4.84. The molecule has 90 valence electrons. The Hall–Kier alpha value is -1.49. The van der Waals surface area contributed by atoms with Gasteiger partial charge in [0.05, 0.1) is 18.4 Å². The van der Waals surface area contributed by atoms with Crippen LogP contribution in [0.4, 0.5) is 11.5 Å². The Kier molecular flexibility index (Phi) is 4.85. The molecule has 0 aliphatic heterocycles. The Morgan fingerprint density at radius 3 is 2.94 bits per heavy atom. The minimum absolute atomic E-state index is 0.312. The fraction of sp³-hybridized carbons (Fsp3) is 0.545. The van der Waals surface area contributed by atoms with Crippen molar-refractivity contribution in [3.05, 3.63) is 12.1 Å². The molecule has 1 rings (SSSR count). The molecule has 0 saturated carbocycles. The maximum absolute atomic E-state index is 9.11. The summed E-state index contributed by atoms with van der Waals surface area (Å²) in [7, 11) is 0. The Morgan fingerprint density at radius 1 is 1.56 bits per heavy atom. The van der Waals surface area contributed by atoms with Crippen molar-refractivity contribution < 1.29 is 9.84 Å². The summed E-state index contributed by atoms with van der Waals surface area (Å²) < 4.78 is 5.28. The molecule has 0 fully saturated rings. The SMILES string of the molecule is CCOc1nc(NCCC(C)O)ccc1N. The molecular weight excluding hydrogens is 206 g/mol. The number of hydrogen-bond acceptors (Lipinski definition) is 5. The molecule has 0 saturated heterocycles. The van der Waals surface area contributed by atoms with Gasteiger partial charge in [0.15, 0.2) is 0 Å². The topological polar surface area (TPSA) is 80.4 Å². The maximum atomic E-state index is 9.11. The molecule has 1 aromatic rings. The van der Waals surface area contributed by atoms with E-state index >= 15 is 0 Å². The first kappa shape index (κ1) is 12.6. The molecule has 1 atom stereocenters. The van der Waals surface area contributed by atoms with E-state index in [0.717, 1.165) is 0 Å². The van der Waals surface area contributed by atoms with E-state index in [2.05, 4.69) is 10.3 Å². The van der Waals surface area contributed by atoms with Gasteiger partial charge in [-0.15, -0.1) is 0 Å². The molecule has 4 N–H and O–H groups in total. The Bertz CT molecular complexity index is 329. The molecule has 1 unspecified atom stereocenters. The third kappa shape index (κ3) is 3.94. The van der Waals surface area contributed by atoms with Crippen molar-refractivity contribution in [1.29, 1.82) is 0 Å². The molecule has 1 aromatic heterocycles. The fourth-order valence-corrected chi connectivity index (χ4v) is 1.21. The molecule has 1 heterocycles. The minimum atomic E-state index is -0.312. The van der Waals surface area contributed by atoms with Crippen LogP contribution in [-0.4, -0.2) is 29.3 Å². The number of pyridine rings is 1. The van der Waals surface area contributed by atoms with Crippen LogP contribution in [0.5, 0.6) is 5.88 Å².